The molecule has 0 aromatic heterocycles. The van der Waals surface area contributed by atoms with Crippen LogP contribution in [0.4, 0.5) is 0 Å². The van der Waals surface area contributed by atoms with Crippen LogP contribution in [0, 0.1) is 5.92 Å². The molecule has 0 aliphatic carbocycles. The Morgan fingerprint density at radius 3 is 2.35 bits per heavy atom. The van der Waals surface area contributed by atoms with Crippen molar-refractivity contribution < 1.29 is 14.3 Å². The molecule has 4 heteroatoms. The first-order chi connectivity index (χ1) is 7.84. The predicted molar refractivity (Wildman–Crippen MR) is 65.7 cm³/mol. The van der Waals surface area contributed by atoms with E-state index in [-0.39, 0.29) is 11.8 Å². The van der Waals surface area contributed by atoms with Crippen LogP contribution in [-0.2, 0) is 14.3 Å². The minimum absolute atomic E-state index is 0.194. The minimum atomic E-state index is -0.629. The first kappa shape index (κ1) is 14.2. The van der Waals surface area contributed by atoms with E-state index < -0.39 is 5.54 Å². The predicted octanol–water partition coefficient (Wildman–Crippen LogP) is 1.63. The second-order valence-electron chi connectivity index (χ2n) is 5.58. The van der Waals surface area contributed by atoms with Crippen molar-refractivity contribution in [2.24, 2.45) is 5.92 Å². The van der Waals surface area contributed by atoms with Crippen molar-refractivity contribution in [3.8, 4) is 0 Å². The molecule has 0 amide bonds. The van der Waals surface area contributed by atoms with Gasteiger partial charge in [-0.25, -0.2) is 0 Å². The molecule has 98 valence electrons. The van der Waals surface area contributed by atoms with Gasteiger partial charge >= 0.3 is 5.97 Å². The van der Waals surface area contributed by atoms with Gasteiger partial charge in [0.1, 0.15) is 11.3 Å². The molecule has 0 spiro atoms. The molecular weight excluding hydrogens is 218 g/mol. The van der Waals surface area contributed by atoms with Crippen molar-refractivity contribution in [3.63, 3.8) is 0 Å². The van der Waals surface area contributed by atoms with Gasteiger partial charge in [0.2, 0.25) is 0 Å². The number of nitrogens with zero attached hydrogens (tertiary/aromatic N) is 1. The first-order valence-corrected chi connectivity index (χ1v) is 6.28. The second kappa shape index (κ2) is 5.63. The number of likely N-dealkylation sites (tertiary alicyclic amines) is 1. The van der Waals surface area contributed by atoms with E-state index in [1.165, 1.54) is 0 Å². The maximum Gasteiger partial charge on any atom is 0.325 e. The van der Waals surface area contributed by atoms with Crippen LogP contribution >= 0.6 is 0 Å². The van der Waals surface area contributed by atoms with Gasteiger partial charge in [-0.05, 0) is 19.8 Å². The van der Waals surface area contributed by atoms with Crippen LogP contribution in [-0.4, -0.2) is 41.9 Å². The molecule has 0 N–H and O–H groups in total. The lowest BCUT2D eigenvalue weighted by atomic mass is 9.98. The number of esters is 1. The van der Waals surface area contributed by atoms with Gasteiger partial charge in [-0.3, -0.25) is 14.5 Å². The standard InChI is InChI=1S/C13H23NO3/c1-10(2)9-17-12(16)13(3,4)14-7-5-11(15)6-8-14/h10H,5-9H2,1-4H3. The third-order valence-corrected chi connectivity index (χ3v) is 3.16. The fraction of sp³-hybridized carbons (Fsp3) is 0.846. The molecule has 4 nitrogen and oxygen atoms in total. The van der Waals surface area contributed by atoms with Gasteiger partial charge in [0, 0.05) is 25.9 Å². The SMILES string of the molecule is CC(C)COC(=O)C(C)(C)N1CCC(=O)CC1. The Labute approximate surface area is 103 Å². The van der Waals surface area contributed by atoms with Crippen molar-refractivity contribution in [3.05, 3.63) is 0 Å². The molecular formula is C13H23NO3. The van der Waals surface area contributed by atoms with E-state index in [1.807, 2.05) is 32.6 Å². The fourth-order valence-corrected chi connectivity index (χ4v) is 1.86. The Hall–Kier alpha value is -0.900. The average Bonchev–Trinajstić information content (AvgIpc) is 2.26. The highest BCUT2D eigenvalue weighted by atomic mass is 16.5. The maximum absolute atomic E-state index is 12.0. The van der Waals surface area contributed by atoms with E-state index in [1.54, 1.807) is 0 Å². The largest absolute Gasteiger partial charge is 0.464 e. The van der Waals surface area contributed by atoms with Crippen LogP contribution in [0.25, 0.3) is 0 Å². The lowest BCUT2D eigenvalue weighted by Gasteiger charge is -2.38. The molecule has 0 aromatic rings. The number of piperidine rings is 1. The minimum Gasteiger partial charge on any atom is -0.464 e. The molecule has 1 fully saturated rings. The fourth-order valence-electron chi connectivity index (χ4n) is 1.86. The zero-order valence-corrected chi connectivity index (χ0v) is 11.3. The second-order valence-corrected chi connectivity index (χ2v) is 5.58. The van der Waals surface area contributed by atoms with Crippen molar-refractivity contribution >= 4 is 11.8 Å². The highest BCUT2D eigenvalue weighted by Gasteiger charge is 2.37. The zero-order valence-electron chi connectivity index (χ0n) is 11.3. The van der Waals surface area contributed by atoms with Gasteiger partial charge in [-0.15, -0.1) is 0 Å². The molecule has 0 unspecified atom stereocenters. The first-order valence-electron chi connectivity index (χ1n) is 6.28. The summed E-state index contributed by atoms with van der Waals surface area (Å²) in [5, 5.41) is 0. The van der Waals surface area contributed by atoms with Crippen molar-refractivity contribution in [2.75, 3.05) is 19.7 Å². The van der Waals surface area contributed by atoms with E-state index in [4.69, 9.17) is 4.74 Å². The molecule has 0 radical (unpaired) electrons. The summed E-state index contributed by atoms with van der Waals surface area (Å²) in [6.45, 7) is 9.52. The Morgan fingerprint density at radius 2 is 1.88 bits per heavy atom. The number of rotatable bonds is 4. The molecule has 1 aliphatic rings. The summed E-state index contributed by atoms with van der Waals surface area (Å²) in [5.74, 6) is 0.436. The summed E-state index contributed by atoms with van der Waals surface area (Å²) in [5.41, 5.74) is -0.629. The van der Waals surface area contributed by atoms with Gasteiger partial charge in [-0.2, -0.15) is 0 Å². The van der Waals surface area contributed by atoms with Gasteiger partial charge in [-0.1, -0.05) is 13.8 Å². The summed E-state index contributed by atoms with van der Waals surface area (Å²) >= 11 is 0. The van der Waals surface area contributed by atoms with E-state index in [0.29, 0.717) is 38.5 Å². The van der Waals surface area contributed by atoms with Gasteiger partial charge in [0.15, 0.2) is 0 Å². The highest BCUT2D eigenvalue weighted by molar-refractivity contribution is 5.82. The Morgan fingerprint density at radius 1 is 1.35 bits per heavy atom. The summed E-state index contributed by atoms with van der Waals surface area (Å²) in [7, 11) is 0. The third kappa shape index (κ3) is 3.80. The molecule has 0 aromatic carbocycles. The molecule has 1 rings (SSSR count). The Bertz CT molecular complexity index is 287. The van der Waals surface area contributed by atoms with Crippen LogP contribution in [0.3, 0.4) is 0 Å². The van der Waals surface area contributed by atoms with Gasteiger partial charge in [0.05, 0.1) is 6.61 Å². The zero-order chi connectivity index (χ0) is 13.1. The number of Topliss-reactive ketones (excluding diaryl/α,β-unsaturated/α-hetero) is 1. The van der Waals surface area contributed by atoms with Crippen molar-refractivity contribution in [2.45, 2.75) is 46.1 Å². The Balaban J connectivity index is 2.54. The summed E-state index contributed by atoms with van der Waals surface area (Å²) in [4.78, 5) is 25.2. The summed E-state index contributed by atoms with van der Waals surface area (Å²) in [6.07, 6.45) is 1.09. The number of carbonyl (C=O) groups is 2. The number of ketones is 1. The van der Waals surface area contributed by atoms with E-state index in [2.05, 4.69) is 0 Å². The molecule has 0 atom stereocenters. The lowest BCUT2D eigenvalue weighted by molar-refractivity contribution is -0.158. The number of carbonyl (C=O) groups excluding carboxylic acids is 2. The van der Waals surface area contributed by atoms with Crippen molar-refractivity contribution in [1.29, 1.82) is 0 Å². The van der Waals surface area contributed by atoms with Gasteiger partial charge < -0.3 is 4.74 Å². The number of hydrogen-bond donors (Lipinski definition) is 0. The quantitative estimate of drug-likeness (QED) is 0.702. The molecule has 1 saturated heterocycles. The molecule has 17 heavy (non-hydrogen) atoms. The average molecular weight is 241 g/mol. The smallest absolute Gasteiger partial charge is 0.325 e. The third-order valence-electron chi connectivity index (χ3n) is 3.16. The maximum atomic E-state index is 12.0. The monoisotopic (exact) mass is 241 g/mol. The van der Waals surface area contributed by atoms with Crippen LogP contribution in [0.2, 0.25) is 0 Å². The summed E-state index contributed by atoms with van der Waals surface area (Å²) in [6, 6.07) is 0. The van der Waals surface area contributed by atoms with E-state index in [0.717, 1.165) is 0 Å². The van der Waals surface area contributed by atoms with Gasteiger partial charge in [0.25, 0.3) is 0 Å². The van der Waals surface area contributed by atoms with Crippen LogP contribution < -0.4 is 0 Å². The topological polar surface area (TPSA) is 46.6 Å². The highest BCUT2D eigenvalue weighted by Crippen LogP contribution is 2.21. The number of hydrogen-bond acceptors (Lipinski definition) is 4. The molecule has 0 saturated carbocycles. The van der Waals surface area contributed by atoms with Crippen molar-refractivity contribution in [1.82, 2.24) is 4.90 Å². The molecule has 1 aliphatic heterocycles. The lowest BCUT2D eigenvalue weighted by Crippen LogP contribution is -2.54. The normalized spacial score (nSPS) is 18.5. The number of ether oxygens (including phenoxy) is 1. The van der Waals surface area contributed by atoms with Crippen LogP contribution in [0.1, 0.15) is 40.5 Å². The Kier molecular flexibility index (Phi) is 4.69. The van der Waals surface area contributed by atoms with Crippen LogP contribution in [0.15, 0.2) is 0 Å². The summed E-state index contributed by atoms with van der Waals surface area (Å²) < 4.78 is 5.28. The van der Waals surface area contributed by atoms with Crippen LogP contribution in [0.5, 0.6) is 0 Å². The molecule has 1 heterocycles. The van der Waals surface area contributed by atoms with E-state index >= 15 is 0 Å². The molecule has 0 bridgehead atoms. The van der Waals surface area contributed by atoms with E-state index in [9.17, 15) is 9.59 Å².